The highest BCUT2D eigenvalue weighted by molar-refractivity contribution is 5.93. The maximum atomic E-state index is 11.9. The van der Waals surface area contributed by atoms with Crippen molar-refractivity contribution in [3.05, 3.63) is 18.0 Å². The van der Waals surface area contributed by atoms with E-state index in [0.29, 0.717) is 18.0 Å². The summed E-state index contributed by atoms with van der Waals surface area (Å²) < 4.78 is 0. The summed E-state index contributed by atoms with van der Waals surface area (Å²) in [6.45, 7) is 0.508. The molecule has 1 atom stereocenters. The van der Waals surface area contributed by atoms with Crippen LogP contribution in [-0.2, 0) is 0 Å². The third kappa shape index (κ3) is 3.06. The summed E-state index contributed by atoms with van der Waals surface area (Å²) in [6, 6.07) is 0.0951. The molecule has 94 valence electrons. The summed E-state index contributed by atoms with van der Waals surface area (Å²) in [5.41, 5.74) is 6.34. The normalized spacial score (nSPS) is 18.9. The molecule has 0 aromatic carbocycles. The average Bonchev–Trinajstić information content (AvgIpc) is 2.90. The van der Waals surface area contributed by atoms with Gasteiger partial charge in [-0.25, -0.2) is 0 Å². The lowest BCUT2D eigenvalue weighted by molar-refractivity contribution is 0.0915. The number of nitrogens with zero attached hydrogens (tertiary/aromatic N) is 1. The van der Waals surface area contributed by atoms with E-state index in [1.807, 2.05) is 0 Å². The third-order valence-electron chi connectivity index (χ3n) is 3.55. The highest BCUT2D eigenvalue weighted by Crippen LogP contribution is 2.26. The Morgan fingerprint density at radius 1 is 1.53 bits per heavy atom. The Bertz CT molecular complexity index is 343. The Labute approximate surface area is 101 Å². The van der Waals surface area contributed by atoms with Gasteiger partial charge in [0.1, 0.15) is 0 Å². The molecule has 1 aromatic rings. The molecule has 1 aromatic heterocycles. The van der Waals surface area contributed by atoms with Crippen molar-refractivity contribution >= 4 is 5.91 Å². The van der Waals surface area contributed by atoms with Crippen LogP contribution >= 0.6 is 0 Å². The summed E-state index contributed by atoms with van der Waals surface area (Å²) in [5.74, 6) is 0.448. The fraction of sp³-hybridized carbons (Fsp3) is 0.667. The molecule has 17 heavy (non-hydrogen) atoms. The molecule has 1 unspecified atom stereocenters. The molecule has 2 rings (SSSR count). The molecule has 5 nitrogen and oxygen atoms in total. The van der Waals surface area contributed by atoms with E-state index in [2.05, 4.69) is 15.5 Å². The van der Waals surface area contributed by atoms with E-state index >= 15 is 0 Å². The molecule has 4 N–H and O–H groups in total. The molecule has 1 saturated carbocycles. The summed E-state index contributed by atoms with van der Waals surface area (Å²) >= 11 is 0. The van der Waals surface area contributed by atoms with Crippen LogP contribution in [0.2, 0.25) is 0 Å². The van der Waals surface area contributed by atoms with Gasteiger partial charge in [0.15, 0.2) is 0 Å². The summed E-state index contributed by atoms with van der Waals surface area (Å²) in [4.78, 5) is 11.9. The first kappa shape index (κ1) is 12.1. The summed E-state index contributed by atoms with van der Waals surface area (Å²) in [5, 5.41) is 9.43. The lowest BCUT2D eigenvalue weighted by Crippen LogP contribution is -2.45. The minimum absolute atomic E-state index is 0.0835. The number of aromatic nitrogens is 2. The Kier molecular flexibility index (Phi) is 4.14. The van der Waals surface area contributed by atoms with Gasteiger partial charge in [-0.15, -0.1) is 0 Å². The van der Waals surface area contributed by atoms with Crippen LogP contribution in [0.25, 0.3) is 0 Å². The van der Waals surface area contributed by atoms with Crippen LogP contribution in [0.15, 0.2) is 12.4 Å². The van der Waals surface area contributed by atoms with Crippen molar-refractivity contribution in [1.82, 2.24) is 15.5 Å². The maximum Gasteiger partial charge on any atom is 0.254 e. The highest BCUT2D eigenvalue weighted by Gasteiger charge is 2.24. The van der Waals surface area contributed by atoms with Gasteiger partial charge in [-0.05, 0) is 18.8 Å². The minimum atomic E-state index is -0.0835. The standard InChI is InChI=1S/C12H20N4O/c13-6-11(9-4-2-1-3-5-9)16-12(17)10-7-14-15-8-10/h7-9,11H,1-6,13H2,(H,14,15)(H,16,17). The van der Waals surface area contributed by atoms with Crippen LogP contribution in [0.4, 0.5) is 0 Å². The van der Waals surface area contributed by atoms with Crippen molar-refractivity contribution in [1.29, 1.82) is 0 Å². The van der Waals surface area contributed by atoms with Crippen LogP contribution in [0.3, 0.4) is 0 Å². The van der Waals surface area contributed by atoms with Crippen molar-refractivity contribution < 1.29 is 4.79 Å². The second kappa shape index (κ2) is 5.82. The molecule has 1 heterocycles. The number of amides is 1. The fourth-order valence-electron chi connectivity index (χ4n) is 2.53. The zero-order valence-electron chi connectivity index (χ0n) is 9.98. The Balaban J connectivity index is 1.92. The van der Waals surface area contributed by atoms with Gasteiger partial charge in [0.25, 0.3) is 5.91 Å². The van der Waals surface area contributed by atoms with Crippen LogP contribution in [0.1, 0.15) is 42.5 Å². The lowest BCUT2D eigenvalue weighted by atomic mass is 9.84. The van der Waals surface area contributed by atoms with E-state index in [1.54, 1.807) is 6.20 Å². The number of nitrogens with one attached hydrogen (secondary N) is 2. The number of aromatic amines is 1. The van der Waals surface area contributed by atoms with Gasteiger partial charge < -0.3 is 11.1 Å². The average molecular weight is 236 g/mol. The van der Waals surface area contributed by atoms with E-state index in [4.69, 9.17) is 5.73 Å². The van der Waals surface area contributed by atoms with Crippen LogP contribution in [-0.4, -0.2) is 28.7 Å². The Hall–Kier alpha value is -1.36. The van der Waals surface area contributed by atoms with E-state index in [1.165, 1.54) is 38.3 Å². The molecule has 1 amide bonds. The first-order valence-corrected chi connectivity index (χ1v) is 6.31. The molecule has 1 aliphatic rings. The third-order valence-corrected chi connectivity index (χ3v) is 3.55. The van der Waals surface area contributed by atoms with Crippen molar-refractivity contribution in [2.75, 3.05) is 6.54 Å². The first-order valence-electron chi connectivity index (χ1n) is 6.31. The van der Waals surface area contributed by atoms with Crippen molar-refractivity contribution in [2.45, 2.75) is 38.1 Å². The minimum Gasteiger partial charge on any atom is -0.348 e. The molecule has 0 bridgehead atoms. The van der Waals surface area contributed by atoms with Gasteiger partial charge in [0, 0.05) is 18.8 Å². The van der Waals surface area contributed by atoms with Gasteiger partial charge in [0.05, 0.1) is 11.8 Å². The van der Waals surface area contributed by atoms with Crippen LogP contribution in [0.5, 0.6) is 0 Å². The monoisotopic (exact) mass is 236 g/mol. The summed E-state index contributed by atoms with van der Waals surface area (Å²) in [6.07, 6.45) is 9.30. The first-order chi connectivity index (χ1) is 8.31. The molecule has 5 heteroatoms. The van der Waals surface area contributed by atoms with Crippen molar-refractivity contribution in [3.63, 3.8) is 0 Å². The van der Waals surface area contributed by atoms with Crippen LogP contribution in [0, 0.1) is 5.92 Å². The Morgan fingerprint density at radius 2 is 2.29 bits per heavy atom. The highest BCUT2D eigenvalue weighted by atomic mass is 16.1. The quantitative estimate of drug-likeness (QED) is 0.730. The van der Waals surface area contributed by atoms with Gasteiger partial charge in [-0.2, -0.15) is 5.10 Å². The SMILES string of the molecule is NCC(NC(=O)c1cn[nH]c1)C1CCCCC1. The zero-order chi connectivity index (χ0) is 12.1. The van der Waals surface area contributed by atoms with Gasteiger partial charge >= 0.3 is 0 Å². The second-order valence-electron chi connectivity index (χ2n) is 4.70. The predicted molar refractivity (Wildman–Crippen MR) is 65.5 cm³/mol. The van der Waals surface area contributed by atoms with E-state index in [9.17, 15) is 4.79 Å². The zero-order valence-corrected chi connectivity index (χ0v) is 9.98. The van der Waals surface area contributed by atoms with Gasteiger partial charge in [0.2, 0.25) is 0 Å². The van der Waals surface area contributed by atoms with Gasteiger partial charge in [-0.3, -0.25) is 9.89 Å². The van der Waals surface area contributed by atoms with E-state index < -0.39 is 0 Å². The summed E-state index contributed by atoms with van der Waals surface area (Å²) in [7, 11) is 0. The van der Waals surface area contributed by atoms with E-state index in [0.717, 1.165) is 0 Å². The van der Waals surface area contributed by atoms with E-state index in [-0.39, 0.29) is 11.9 Å². The molecule has 0 radical (unpaired) electrons. The number of H-pyrrole nitrogens is 1. The second-order valence-corrected chi connectivity index (χ2v) is 4.70. The molecular weight excluding hydrogens is 216 g/mol. The Morgan fingerprint density at radius 3 is 2.88 bits per heavy atom. The van der Waals surface area contributed by atoms with Crippen molar-refractivity contribution in [3.8, 4) is 0 Å². The van der Waals surface area contributed by atoms with Gasteiger partial charge in [-0.1, -0.05) is 19.3 Å². The smallest absolute Gasteiger partial charge is 0.254 e. The maximum absolute atomic E-state index is 11.9. The molecule has 1 aliphatic carbocycles. The molecule has 0 saturated heterocycles. The van der Waals surface area contributed by atoms with Crippen LogP contribution < -0.4 is 11.1 Å². The topological polar surface area (TPSA) is 83.8 Å². The lowest BCUT2D eigenvalue weighted by Gasteiger charge is -2.29. The largest absolute Gasteiger partial charge is 0.348 e. The number of carbonyl (C=O) groups is 1. The number of hydrogen-bond donors (Lipinski definition) is 3. The number of rotatable bonds is 4. The fourth-order valence-corrected chi connectivity index (χ4v) is 2.53. The number of hydrogen-bond acceptors (Lipinski definition) is 3. The van der Waals surface area contributed by atoms with Crippen molar-refractivity contribution in [2.24, 2.45) is 11.7 Å². The number of carbonyl (C=O) groups excluding carboxylic acids is 1. The molecule has 0 aliphatic heterocycles. The number of nitrogens with two attached hydrogens (primary N) is 1. The molecular formula is C12H20N4O. The predicted octanol–water partition coefficient (Wildman–Crippen LogP) is 1.05. The molecule has 0 spiro atoms. The molecule has 1 fully saturated rings.